The summed E-state index contributed by atoms with van der Waals surface area (Å²) in [4.78, 5) is 31.7. The molecule has 1 aromatic carbocycles. The number of hydrogen-bond donors (Lipinski definition) is 1. The highest BCUT2D eigenvalue weighted by atomic mass is 16.1. The van der Waals surface area contributed by atoms with Crippen LogP contribution in [-0.2, 0) is 19.5 Å². The van der Waals surface area contributed by atoms with Gasteiger partial charge < -0.3 is 9.55 Å². The van der Waals surface area contributed by atoms with Gasteiger partial charge in [-0.2, -0.15) is 0 Å². The Kier molecular flexibility index (Phi) is 4.67. The van der Waals surface area contributed by atoms with Crippen molar-refractivity contribution in [1.82, 2.24) is 29.4 Å². The summed E-state index contributed by atoms with van der Waals surface area (Å²) in [6, 6.07) is 12.3. The highest BCUT2D eigenvalue weighted by Gasteiger charge is 2.24. The van der Waals surface area contributed by atoms with E-state index < -0.39 is 0 Å². The van der Waals surface area contributed by atoms with Gasteiger partial charge in [0.25, 0.3) is 5.56 Å². The van der Waals surface area contributed by atoms with Gasteiger partial charge in [0.2, 0.25) is 0 Å². The first kappa shape index (κ1) is 18.7. The molecular weight excluding hydrogens is 376 g/mol. The molecule has 4 aromatic rings. The SMILES string of the molecule is CC(C)n1c(CN2CCc3nc(-c4ccncc4)[nH]c(=O)c3C2)nc2ccccc21. The second-order valence-electron chi connectivity index (χ2n) is 8.02. The van der Waals surface area contributed by atoms with Gasteiger partial charge in [0.05, 0.1) is 28.8 Å². The Labute approximate surface area is 174 Å². The first-order valence-corrected chi connectivity index (χ1v) is 10.3. The van der Waals surface area contributed by atoms with Crippen molar-refractivity contribution in [2.24, 2.45) is 0 Å². The van der Waals surface area contributed by atoms with Crippen LogP contribution >= 0.6 is 0 Å². The molecule has 1 N–H and O–H groups in total. The number of rotatable bonds is 4. The predicted molar refractivity (Wildman–Crippen MR) is 116 cm³/mol. The van der Waals surface area contributed by atoms with Gasteiger partial charge >= 0.3 is 0 Å². The number of nitrogens with one attached hydrogen (secondary N) is 1. The number of para-hydroxylation sites is 2. The molecule has 7 heteroatoms. The van der Waals surface area contributed by atoms with E-state index in [9.17, 15) is 4.79 Å². The third kappa shape index (κ3) is 3.31. The van der Waals surface area contributed by atoms with Gasteiger partial charge in [-0.1, -0.05) is 12.1 Å². The third-order valence-corrected chi connectivity index (χ3v) is 5.65. The lowest BCUT2D eigenvalue weighted by Crippen LogP contribution is -2.36. The zero-order chi connectivity index (χ0) is 20.7. The Morgan fingerprint density at radius 2 is 1.90 bits per heavy atom. The first-order chi connectivity index (χ1) is 14.6. The molecule has 0 fully saturated rings. The lowest BCUT2D eigenvalue weighted by molar-refractivity contribution is 0.232. The molecule has 4 heterocycles. The molecule has 0 unspecified atom stereocenters. The quantitative estimate of drug-likeness (QED) is 0.568. The smallest absolute Gasteiger partial charge is 0.255 e. The van der Waals surface area contributed by atoms with Gasteiger partial charge in [-0.05, 0) is 38.1 Å². The standard InChI is InChI=1S/C23H24N6O/c1-15(2)29-20-6-4-3-5-19(20)25-21(29)14-28-12-9-18-17(13-28)23(30)27-22(26-18)16-7-10-24-11-8-16/h3-8,10-11,15H,9,12-14H2,1-2H3,(H,26,27,30). The highest BCUT2D eigenvalue weighted by Crippen LogP contribution is 2.24. The molecule has 0 aliphatic carbocycles. The summed E-state index contributed by atoms with van der Waals surface area (Å²) in [5.74, 6) is 1.64. The van der Waals surface area contributed by atoms with Gasteiger partial charge in [0.15, 0.2) is 0 Å². The zero-order valence-electron chi connectivity index (χ0n) is 17.2. The Morgan fingerprint density at radius 3 is 2.70 bits per heavy atom. The normalized spacial score (nSPS) is 14.4. The van der Waals surface area contributed by atoms with Crippen LogP contribution in [0.15, 0.2) is 53.6 Å². The Morgan fingerprint density at radius 1 is 1.10 bits per heavy atom. The van der Waals surface area contributed by atoms with Crippen molar-refractivity contribution in [3.8, 4) is 11.4 Å². The molecule has 0 radical (unpaired) electrons. The minimum absolute atomic E-state index is 0.0612. The Hall–Kier alpha value is -3.32. The van der Waals surface area contributed by atoms with E-state index >= 15 is 0 Å². The molecule has 0 amide bonds. The fourth-order valence-corrected chi connectivity index (χ4v) is 4.24. The van der Waals surface area contributed by atoms with E-state index in [1.807, 2.05) is 18.2 Å². The number of H-pyrrole nitrogens is 1. The summed E-state index contributed by atoms with van der Waals surface area (Å²) in [5, 5.41) is 0. The third-order valence-electron chi connectivity index (χ3n) is 5.65. The van der Waals surface area contributed by atoms with Crippen LogP contribution in [0.5, 0.6) is 0 Å². The van der Waals surface area contributed by atoms with E-state index in [0.29, 0.717) is 25.0 Å². The number of imidazole rings is 1. The minimum atomic E-state index is -0.0612. The van der Waals surface area contributed by atoms with Gasteiger partial charge in [0, 0.05) is 43.5 Å². The summed E-state index contributed by atoms with van der Waals surface area (Å²) in [6.45, 7) is 6.49. The van der Waals surface area contributed by atoms with Crippen LogP contribution in [0.1, 0.15) is 37.0 Å². The lowest BCUT2D eigenvalue weighted by atomic mass is 10.1. The van der Waals surface area contributed by atoms with Crippen LogP contribution in [0.3, 0.4) is 0 Å². The molecule has 1 aliphatic heterocycles. The number of aromatic amines is 1. The molecule has 152 valence electrons. The fraction of sp³-hybridized carbons (Fsp3) is 0.304. The summed E-state index contributed by atoms with van der Waals surface area (Å²) >= 11 is 0. The predicted octanol–water partition coefficient (Wildman–Crippen LogP) is 3.32. The Bertz CT molecular complexity index is 1260. The number of nitrogens with zero attached hydrogens (tertiary/aromatic N) is 5. The van der Waals surface area contributed by atoms with E-state index in [1.54, 1.807) is 12.4 Å². The van der Waals surface area contributed by atoms with E-state index in [0.717, 1.165) is 46.6 Å². The Balaban J connectivity index is 1.44. The van der Waals surface area contributed by atoms with Crippen LogP contribution < -0.4 is 5.56 Å². The molecule has 0 saturated carbocycles. The number of pyridine rings is 1. The number of hydrogen-bond acceptors (Lipinski definition) is 5. The molecule has 1 aliphatic rings. The zero-order valence-corrected chi connectivity index (χ0v) is 17.2. The molecule has 3 aromatic heterocycles. The van der Waals surface area contributed by atoms with Crippen molar-refractivity contribution < 1.29 is 0 Å². The topological polar surface area (TPSA) is 79.7 Å². The van der Waals surface area contributed by atoms with E-state index in [1.165, 1.54) is 0 Å². The van der Waals surface area contributed by atoms with Crippen molar-refractivity contribution in [2.75, 3.05) is 6.54 Å². The van der Waals surface area contributed by atoms with Gasteiger partial charge in [-0.25, -0.2) is 9.97 Å². The molecule has 30 heavy (non-hydrogen) atoms. The van der Waals surface area contributed by atoms with Crippen LogP contribution in [0, 0.1) is 0 Å². The lowest BCUT2D eigenvalue weighted by Gasteiger charge is -2.28. The number of benzene rings is 1. The second kappa shape index (κ2) is 7.50. The van der Waals surface area contributed by atoms with Crippen molar-refractivity contribution in [3.63, 3.8) is 0 Å². The fourth-order valence-electron chi connectivity index (χ4n) is 4.24. The molecule has 5 rings (SSSR count). The monoisotopic (exact) mass is 400 g/mol. The first-order valence-electron chi connectivity index (χ1n) is 10.3. The average molecular weight is 400 g/mol. The maximum Gasteiger partial charge on any atom is 0.255 e. The average Bonchev–Trinajstić information content (AvgIpc) is 3.12. The molecule has 0 spiro atoms. The molecule has 7 nitrogen and oxygen atoms in total. The van der Waals surface area contributed by atoms with Crippen molar-refractivity contribution in [2.45, 2.75) is 39.4 Å². The number of fused-ring (bicyclic) bond motifs is 2. The van der Waals surface area contributed by atoms with Crippen LogP contribution in [0.4, 0.5) is 0 Å². The summed E-state index contributed by atoms with van der Waals surface area (Å²) in [5.41, 5.74) is 4.62. The molecule has 0 saturated heterocycles. The largest absolute Gasteiger partial charge is 0.324 e. The molecule has 0 bridgehead atoms. The van der Waals surface area contributed by atoms with Gasteiger partial charge in [0.1, 0.15) is 11.6 Å². The van der Waals surface area contributed by atoms with Gasteiger partial charge in [-0.15, -0.1) is 0 Å². The number of aromatic nitrogens is 5. The van der Waals surface area contributed by atoms with Crippen LogP contribution in [0.25, 0.3) is 22.4 Å². The van der Waals surface area contributed by atoms with Crippen molar-refractivity contribution in [3.05, 3.63) is 76.2 Å². The molecule has 0 atom stereocenters. The van der Waals surface area contributed by atoms with Crippen molar-refractivity contribution in [1.29, 1.82) is 0 Å². The van der Waals surface area contributed by atoms with Crippen LogP contribution in [-0.4, -0.2) is 35.9 Å². The van der Waals surface area contributed by atoms with Crippen LogP contribution in [0.2, 0.25) is 0 Å². The maximum absolute atomic E-state index is 12.8. The van der Waals surface area contributed by atoms with E-state index in [2.05, 4.69) is 51.5 Å². The second-order valence-corrected chi connectivity index (χ2v) is 8.02. The van der Waals surface area contributed by atoms with Gasteiger partial charge in [-0.3, -0.25) is 14.7 Å². The summed E-state index contributed by atoms with van der Waals surface area (Å²) in [6.07, 6.45) is 4.16. The summed E-state index contributed by atoms with van der Waals surface area (Å²) < 4.78 is 2.29. The molecular formula is C23H24N6O. The van der Waals surface area contributed by atoms with E-state index in [4.69, 9.17) is 9.97 Å². The van der Waals surface area contributed by atoms with E-state index in [-0.39, 0.29) is 5.56 Å². The summed E-state index contributed by atoms with van der Waals surface area (Å²) in [7, 11) is 0. The maximum atomic E-state index is 12.8. The minimum Gasteiger partial charge on any atom is -0.324 e. The highest BCUT2D eigenvalue weighted by molar-refractivity contribution is 5.76. The van der Waals surface area contributed by atoms with Crippen molar-refractivity contribution >= 4 is 11.0 Å².